The molecule has 6 atom stereocenters. The molecular weight excluding hydrogens is 688 g/mol. The smallest absolute Gasteiger partial charge is 0.351 e. The van der Waals surface area contributed by atoms with Crippen LogP contribution in [0.25, 0.3) is 0 Å². The molecule has 2 aromatic rings. The fourth-order valence-corrected chi connectivity index (χ4v) is 4.69. The van der Waals surface area contributed by atoms with E-state index in [4.69, 9.17) is 32.8 Å². The van der Waals surface area contributed by atoms with E-state index in [-0.39, 0.29) is 31.8 Å². The van der Waals surface area contributed by atoms with Gasteiger partial charge >= 0.3 is 11.6 Å². The van der Waals surface area contributed by atoms with Crippen molar-refractivity contribution in [1.82, 2.24) is 35.5 Å². The van der Waals surface area contributed by atoms with Crippen LogP contribution in [-0.2, 0) is 35.1 Å². The topological polar surface area (TPSA) is 363 Å². The number of nitrogens with one attached hydrogen (secondary N) is 5. The number of imidazole rings is 1. The van der Waals surface area contributed by atoms with Crippen molar-refractivity contribution in [2.75, 3.05) is 25.0 Å². The van der Waals surface area contributed by atoms with Gasteiger partial charge in [0.1, 0.15) is 24.0 Å². The molecule has 0 aromatic carbocycles. The molecule has 1 fully saturated rings. The first kappa shape index (κ1) is 39.8. The second-order valence-corrected chi connectivity index (χ2v) is 11.2. The zero-order chi connectivity index (χ0) is 37.9. The van der Waals surface area contributed by atoms with Crippen molar-refractivity contribution in [3.05, 3.63) is 41.0 Å². The number of primary amides is 1. The van der Waals surface area contributed by atoms with Crippen LogP contribution in [0.15, 0.2) is 34.6 Å². The molecule has 1 saturated heterocycles. The number of hydrogen-bond acceptors (Lipinski definition) is 13. The van der Waals surface area contributed by atoms with E-state index in [9.17, 15) is 42.7 Å². The molecule has 22 nitrogen and oxygen atoms in total. The van der Waals surface area contributed by atoms with E-state index in [1.807, 2.05) is 0 Å². The van der Waals surface area contributed by atoms with E-state index in [2.05, 4.69) is 41.2 Å². The van der Waals surface area contributed by atoms with Gasteiger partial charge in [-0.1, -0.05) is 0 Å². The summed E-state index contributed by atoms with van der Waals surface area (Å²) < 4.78 is 34.1. The zero-order valence-corrected chi connectivity index (χ0v) is 26.8. The largest absolute Gasteiger partial charge is 0.394 e. The summed E-state index contributed by atoms with van der Waals surface area (Å²) in [6.07, 6.45) is -3.09. The number of aromatic amines is 1. The van der Waals surface area contributed by atoms with Gasteiger partial charge in [0.25, 0.3) is 0 Å². The third-order valence-corrected chi connectivity index (χ3v) is 7.31. The predicted molar refractivity (Wildman–Crippen MR) is 170 cm³/mol. The molecule has 0 spiro atoms. The van der Waals surface area contributed by atoms with Gasteiger partial charge in [0.2, 0.25) is 35.8 Å². The van der Waals surface area contributed by atoms with Gasteiger partial charge in [-0.3, -0.25) is 33.5 Å². The number of carbonyl (C=O) groups is 5. The number of aliphatic hydroxyl groups excluding tert-OH is 2. The van der Waals surface area contributed by atoms with Crippen molar-refractivity contribution in [3.8, 4) is 0 Å². The highest BCUT2D eigenvalue weighted by atomic mass is 19.3. The number of carbonyl (C=O) groups excluding carboxylic acids is 5. The lowest BCUT2D eigenvalue weighted by Gasteiger charge is -2.21. The number of H-pyrrole nitrogens is 1. The summed E-state index contributed by atoms with van der Waals surface area (Å²) in [7, 11) is 0. The molecule has 15 N–H and O–H groups in total. The lowest BCUT2D eigenvalue weighted by molar-refractivity contribution is -0.141. The molecule has 2 aromatic heterocycles. The summed E-state index contributed by atoms with van der Waals surface area (Å²) in [5, 5.41) is 28.0. The second-order valence-electron chi connectivity index (χ2n) is 11.2. The van der Waals surface area contributed by atoms with Crippen molar-refractivity contribution in [2.24, 2.45) is 27.9 Å². The van der Waals surface area contributed by atoms with E-state index >= 15 is 0 Å². The number of hydrogen-bond donors (Lipinski definition) is 11. The van der Waals surface area contributed by atoms with Crippen LogP contribution in [0.3, 0.4) is 0 Å². The molecule has 3 rings (SSSR count). The number of nitrogens with two attached hydrogens (primary N) is 4. The summed E-state index contributed by atoms with van der Waals surface area (Å²) in [5.74, 6) is -9.14. The van der Waals surface area contributed by atoms with Gasteiger partial charge in [0.15, 0.2) is 12.1 Å². The quantitative estimate of drug-likeness (QED) is 0.0388. The second kappa shape index (κ2) is 17.9. The average molecular weight is 728 g/mol. The van der Waals surface area contributed by atoms with Crippen LogP contribution < -0.4 is 49.9 Å². The Morgan fingerprint density at radius 1 is 1.12 bits per heavy atom. The number of rotatable bonds is 18. The van der Waals surface area contributed by atoms with Crippen molar-refractivity contribution < 1.29 is 47.7 Å². The van der Waals surface area contributed by atoms with Crippen molar-refractivity contribution in [1.29, 1.82) is 0 Å². The zero-order valence-electron chi connectivity index (χ0n) is 26.8. The molecule has 280 valence electrons. The number of alkyl halides is 2. The Morgan fingerprint density at radius 3 is 2.43 bits per heavy atom. The van der Waals surface area contributed by atoms with E-state index in [0.29, 0.717) is 10.3 Å². The Bertz CT molecular complexity index is 1640. The van der Waals surface area contributed by atoms with Crippen LogP contribution in [-0.4, -0.2) is 121 Å². The summed E-state index contributed by atoms with van der Waals surface area (Å²) >= 11 is 0. The van der Waals surface area contributed by atoms with Crippen molar-refractivity contribution in [2.45, 2.75) is 68.2 Å². The van der Waals surface area contributed by atoms with Gasteiger partial charge in [0, 0.05) is 31.1 Å². The van der Waals surface area contributed by atoms with Crippen LogP contribution in [0.1, 0.15) is 31.2 Å². The first-order valence-electron chi connectivity index (χ1n) is 15.2. The Labute approximate surface area is 286 Å². The van der Waals surface area contributed by atoms with E-state index in [0.717, 1.165) is 12.3 Å². The molecule has 24 heteroatoms. The number of amides is 5. The van der Waals surface area contributed by atoms with Gasteiger partial charge in [-0.2, -0.15) is 13.8 Å². The summed E-state index contributed by atoms with van der Waals surface area (Å²) in [4.78, 5) is 89.2. The predicted octanol–water partition coefficient (Wildman–Crippen LogP) is -5.62. The number of ether oxygens (including phenoxy) is 1. The standard InChI is InChI=1S/C27H39F2N13O9/c28-27(29)20(46)16(10-43)51-24(27)42-5-3-17(41-26(42)50)40-18(44)7-15(21(31)47)38-19(45)9-36-23(49)14(2-1-4-35-25(32)33)39-22(48)13(30)6-12-8-34-11-37-12/h3,5,8,11,13-16,20,24,43,46H,1-2,4,6-7,9-10,30H2,(H2,31,47)(H,34,37)(H,36,49)(H,38,45)(H,39,48)(H4,32,33,35)(H,40,41,44,50)/t13-,14-,15-,16+,20+,24+/m0/s1. The normalized spacial score (nSPS) is 19.6. The number of anilines is 1. The van der Waals surface area contributed by atoms with Gasteiger partial charge in [-0.15, -0.1) is 0 Å². The number of aliphatic hydroxyl groups is 2. The molecule has 0 unspecified atom stereocenters. The Hall–Kier alpha value is -5.59. The van der Waals surface area contributed by atoms with Crippen LogP contribution >= 0.6 is 0 Å². The van der Waals surface area contributed by atoms with Gasteiger partial charge in [-0.05, 0) is 18.9 Å². The molecule has 0 bridgehead atoms. The Balaban J connectivity index is 1.56. The molecule has 51 heavy (non-hydrogen) atoms. The Morgan fingerprint density at radius 2 is 1.84 bits per heavy atom. The fraction of sp³-hybridized carbons (Fsp3) is 0.519. The average Bonchev–Trinajstić information content (AvgIpc) is 3.65. The number of aliphatic imine (C=N–C) groups is 1. The molecular formula is C27H39F2N13O9. The third-order valence-electron chi connectivity index (χ3n) is 7.31. The van der Waals surface area contributed by atoms with Gasteiger partial charge in [0.05, 0.1) is 31.9 Å². The highest BCUT2D eigenvalue weighted by Crippen LogP contribution is 2.41. The molecule has 0 aliphatic carbocycles. The highest BCUT2D eigenvalue weighted by Gasteiger charge is 2.59. The molecule has 1 aliphatic rings. The van der Waals surface area contributed by atoms with E-state index in [1.165, 1.54) is 12.5 Å². The minimum absolute atomic E-state index is 0.0384. The maximum absolute atomic E-state index is 14.4. The maximum atomic E-state index is 14.4. The van der Waals surface area contributed by atoms with Gasteiger partial charge < -0.3 is 64.1 Å². The number of nitrogens with zero attached hydrogens (tertiary/aromatic N) is 4. The summed E-state index contributed by atoms with van der Waals surface area (Å²) in [6.45, 7) is -1.54. The molecule has 0 saturated carbocycles. The molecule has 3 heterocycles. The van der Waals surface area contributed by atoms with Gasteiger partial charge in [-0.25, -0.2) is 9.78 Å². The first-order valence-corrected chi connectivity index (χ1v) is 15.2. The van der Waals surface area contributed by atoms with Crippen molar-refractivity contribution >= 4 is 41.3 Å². The maximum Gasteiger partial charge on any atom is 0.351 e. The number of guanidine groups is 1. The van der Waals surface area contributed by atoms with Crippen LogP contribution in [0.5, 0.6) is 0 Å². The number of aromatic nitrogens is 4. The SMILES string of the molecule is NC(=O)[C@H](CC(=O)Nc1ccn([C@@H]2O[C@H](CO)[C@@H](O)C2(F)F)c(=O)n1)NC(=O)CNC(=O)[C@H](CCCN=C(N)N)NC(=O)[C@@H](N)Cc1cnc[nH]1. The summed E-state index contributed by atoms with van der Waals surface area (Å²) in [6, 6.07) is -2.91. The highest BCUT2D eigenvalue weighted by molar-refractivity contribution is 5.97. The van der Waals surface area contributed by atoms with Crippen LogP contribution in [0.4, 0.5) is 14.6 Å². The van der Waals surface area contributed by atoms with Crippen molar-refractivity contribution in [3.63, 3.8) is 0 Å². The van der Waals surface area contributed by atoms with E-state index in [1.54, 1.807) is 0 Å². The molecule has 0 radical (unpaired) electrons. The monoisotopic (exact) mass is 727 g/mol. The first-order chi connectivity index (χ1) is 24.0. The fourth-order valence-electron chi connectivity index (χ4n) is 4.69. The lowest BCUT2D eigenvalue weighted by Crippen LogP contribution is -2.54. The third kappa shape index (κ3) is 11.2. The minimum Gasteiger partial charge on any atom is -0.394 e. The number of halogens is 2. The minimum atomic E-state index is -3.96. The molecule has 1 aliphatic heterocycles. The lowest BCUT2D eigenvalue weighted by atomic mass is 10.1. The van der Waals surface area contributed by atoms with Crippen LogP contribution in [0.2, 0.25) is 0 Å². The summed E-state index contributed by atoms with van der Waals surface area (Å²) in [5.41, 5.74) is 21.2. The van der Waals surface area contributed by atoms with E-state index < -0.39 is 103 Å². The van der Waals surface area contributed by atoms with Crippen LogP contribution in [0, 0.1) is 0 Å². The Kier molecular flexibility index (Phi) is 14.0. The molecule has 5 amide bonds.